The molecule has 0 aromatic heterocycles. The Kier molecular flexibility index (Phi) is 5.88. The fourth-order valence-corrected chi connectivity index (χ4v) is 2.74. The molecule has 1 aromatic carbocycles. The van der Waals surface area contributed by atoms with Crippen LogP contribution in [0.25, 0.3) is 0 Å². The van der Waals surface area contributed by atoms with E-state index in [1.165, 1.54) is 26.2 Å². The van der Waals surface area contributed by atoms with Crippen LogP contribution in [0.4, 0.5) is 5.69 Å². The van der Waals surface area contributed by atoms with Crippen LogP contribution in [0.2, 0.25) is 0 Å². The maximum absolute atomic E-state index is 12.0. The molecule has 0 saturated heterocycles. The van der Waals surface area contributed by atoms with Gasteiger partial charge < -0.3 is 11.1 Å². The number of carbonyl (C=O) groups excluding carboxylic acids is 1. The number of rotatable bonds is 6. The van der Waals surface area contributed by atoms with Crippen LogP contribution in [0.1, 0.15) is 20.3 Å². The number of nitrogens with two attached hydrogens (primary N) is 1. The van der Waals surface area contributed by atoms with E-state index in [4.69, 9.17) is 5.73 Å². The lowest BCUT2D eigenvalue weighted by Gasteiger charge is -2.15. The first-order valence-electron chi connectivity index (χ1n) is 6.73. The molecular weight excluding hydrogens is 290 g/mol. The van der Waals surface area contributed by atoms with Crippen molar-refractivity contribution in [3.63, 3.8) is 0 Å². The SMILES string of the molecule is CC(C)C[C@@H](N)C(=O)Nc1cccc(S(=O)(=O)N(C)C)c1. The molecular formula is C14H23N3O3S. The Morgan fingerprint density at radius 3 is 2.48 bits per heavy atom. The summed E-state index contributed by atoms with van der Waals surface area (Å²) < 4.78 is 25.2. The lowest BCUT2D eigenvalue weighted by atomic mass is 10.0. The van der Waals surface area contributed by atoms with Crippen molar-refractivity contribution in [1.82, 2.24) is 4.31 Å². The van der Waals surface area contributed by atoms with Gasteiger partial charge in [0.2, 0.25) is 15.9 Å². The van der Waals surface area contributed by atoms with Crippen LogP contribution in [0, 0.1) is 5.92 Å². The molecule has 7 heteroatoms. The van der Waals surface area contributed by atoms with Gasteiger partial charge in [-0.3, -0.25) is 4.79 Å². The zero-order valence-corrected chi connectivity index (χ0v) is 13.6. The number of hydrogen-bond donors (Lipinski definition) is 2. The number of benzene rings is 1. The average molecular weight is 313 g/mol. The minimum atomic E-state index is -3.52. The number of carbonyl (C=O) groups is 1. The minimum absolute atomic E-state index is 0.128. The molecule has 0 fully saturated rings. The molecule has 0 aliphatic carbocycles. The summed E-state index contributed by atoms with van der Waals surface area (Å²) in [7, 11) is -0.609. The minimum Gasteiger partial charge on any atom is -0.325 e. The number of sulfonamides is 1. The lowest BCUT2D eigenvalue weighted by Crippen LogP contribution is -2.36. The van der Waals surface area contributed by atoms with E-state index >= 15 is 0 Å². The van der Waals surface area contributed by atoms with E-state index in [9.17, 15) is 13.2 Å². The van der Waals surface area contributed by atoms with Crippen molar-refractivity contribution in [3.05, 3.63) is 24.3 Å². The van der Waals surface area contributed by atoms with Gasteiger partial charge in [0, 0.05) is 19.8 Å². The molecule has 21 heavy (non-hydrogen) atoms. The van der Waals surface area contributed by atoms with Crippen LogP contribution < -0.4 is 11.1 Å². The molecule has 0 unspecified atom stereocenters. The van der Waals surface area contributed by atoms with Crippen LogP contribution in [0.15, 0.2) is 29.2 Å². The molecule has 0 spiro atoms. The van der Waals surface area contributed by atoms with Gasteiger partial charge in [0.1, 0.15) is 0 Å². The van der Waals surface area contributed by atoms with Crippen LogP contribution in [0.5, 0.6) is 0 Å². The second-order valence-corrected chi connectivity index (χ2v) is 7.69. The summed E-state index contributed by atoms with van der Waals surface area (Å²) in [4.78, 5) is 12.1. The predicted octanol–water partition coefficient (Wildman–Crippen LogP) is 1.25. The molecule has 1 atom stereocenters. The van der Waals surface area contributed by atoms with Crippen molar-refractivity contribution in [3.8, 4) is 0 Å². The predicted molar refractivity (Wildman–Crippen MR) is 83.4 cm³/mol. The van der Waals surface area contributed by atoms with Crippen LogP contribution in [0.3, 0.4) is 0 Å². The summed E-state index contributed by atoms with van der Waals surface area (Å²) in [5.41, 5.74) is 6.22. The lowest BCUT2D eigenvalue weighted by molar-refractivity contribution is -0.117. The number of amides is 1. The van der Waals surface area contributed by atoms with Gasteiger partial charge in [-0.25, -0.2) is 12.7 Å². The van der Waals surface area contributed by atoms with E-state index in [2.05, 4.69) is 5.32 Å². The summed E-state index contributed by atoms with van der Waals surface area (Å²) in [6.07, 6.45) is 0.571. The Bertz CT molecular complexity index is 597. The highest BCUT2D eigenvalue weighted by molar-refractivity contribution is 7.89. The summed E-state index contributed by atoms with van der Waals surface area (Å²) in [5.74, 6) is -0.00527. The first-order valence-corrected chi connectivity index (χ1v) is 8.17. The fourth-order valence-electron chi connectivity index (χ4n) is 1.79. The number of hydrogen-bond acceptors (Lipinski definition) is 4. The van der Waals surface area contributed by atoms with Gasteiger partial charge >= 0.3 is 0 Å². The first kappa shape index (κ1) is 17.6. The van der Waals surface area contributed by atoms with Gasteiger partial charge in [-0.15, -0.1) is 0 Å². The summed E-state index contributed by atoms with van der Waals surface area (Å²) in [6, 6.07) is 5.52. The molecule has 118 valence electrons. The summed E-state index contributed by atoms with van der Waals surface area (Å²) in [6.45, 7) is 3.97. The Morgan fingerprint density at radius 1 is 1.33 bits per heavy atom. The molecule has 0 aliphatic rings. The van der Waals surface area contributed by atoms with E-state index in [0.717, 1.165) is 4.31 Å². The monoisotopic (exact) mass is 313 g/mol. The fraction of sp³-hybridized carbons (Fsp3) is 0.500. The second kappa shape index (κ2) is 7.02. The summed E-state index contributed by atoms with van der Waals surface area (Å²) >= 11 is 0. The van der Waals surface area contributed by atoms with Crippen LogP contribution in [-0.2, 0) is 14.8 Å². The standard InChI is InChI=1S/C14H23N3O3S/c1-10(2)8-13(15)14(18)16-11-6-5-7-12(9-11)21(19,20)17(3)4/h5-7,9-10,13H,8,15H2,1-4H3,(H,16,18)/t13-/m1/s1. The van der Waals surface area contributed by atoms with Gasteiger partial charge in [-0.05, 0) is 30.5 Å². The maximum Gasteiger partial charge on any atom is 0.242 e. The Hall–Kier alpha value is -1.44. The number of anilines is 1. The van der Waals surface area contributed by atoms with Crippen molar-refractivity contribution < 1.29 is 13.2 Å². The van der Waals surface area contributed by atoms with E-state index in [-0.39, 0.29) is 10.8 Å². The molecule has 1 amide bonds. The molecule has 3 N–H and O–H groups in total. The molecule has 0 heterocycles. The maximum atomic E-state index is 12.0. The Balaban J connectivity index is 2.90. The highest BCUT2D eigenvalue weighted by atomic mass is 32.2. The third-order valence-electron chi connectivity index (χ3n) is 2.94. The molecule has 6 nitrogen and oxygen atoms in total. The van der Waals surface area contributed by atoms with E-state index in [1.54, 1.807) is 12.1 Å². The average Bonchev–Trinajstić information content (AvgIpc) is 2.37. The van der Waals surface area contributed by atoms with Gasteiger partial charge in [0.05, 0.1) is 10.9 Å². The van der Waals surface area contributed by atoms with Gasteiger partial charge in [-0.2, -0.15) is 0 Å². The molecule has 1 aromatic rings. The van der Waals surface area contributed by atoms with Gasteiger partial charge in [0.15, 0.2) is 0 Å². The molecule has 0 saturated carbocycles. The van der Waals surface area contributed by atoms with Crippen molar-refractivity contribution >= 4 is 21.6 Å². The van der Waals surface area contributed by atoms with Crippen molar-refractivity contribution in [2.75, 3.05) is 19.4 Å². The highest BCUT2D eigenvalue weighted by Gasteiger charge is 2.19. The normalized spacial score (nSPS) is 13.5. The van der Waals surface area contributed by atoms with E-state index in [1.807, 2.05) is 13.8 Å². The molecule has 0 aliphatic heterocycles. The molecule has 1 rings (SSSR count). The molecule has 0 radical (unpaired) electrons. The van der Waals surface area contributed by atoms with Crippen molar-refractivity contribution in [1.29, 1.82) is 0 Å². The highest BCUT2D eigenvalue weighted by Crippen LogP contribution is 2.18. The first-order chi connectivity index (χ1) is 9.64. The Morgan fingerprint density at radius 2 is 1.95 bits per heavy atom. The smallest absolute Gasteiger partial charge is 0.242 e. The van der Waals surface area contributed by atoms with E-state index in [0.29, 0.717) is 18.0 Å². The third-order valence-corrected chi connectivity index (χ3v) is 4.75. The topological polar surface area (TPSA) is 92.5 Å². The van der Waals surface area contributed by atoms with E-state index < -0.39 is 16.1 Å². The van der Waals surface area contributed by atoms with Gasteiger partial charge in [-0.1, -0.05) is 19.9 Å². The largest absolute Gasteiger partial charge is 0.325 e. The number of nitrogens with zero attached hydrogens (tertiary/aromatic N) is 1. The van der Waals surface area contributed by atoms with Crippen LogP contribution in [-0.4, -0.2) is 38.8 Å². The summed E-state index contributed by atoms with van der Waals surface area (Å²) in [5, 5.41) is 2.65. The van der Waals surface area contributed by atoms with Crippen molar-refractivity contribution in [2.24, 2.45) is 11.7 Å². The number of nitrogens with one attached hydrogen (secondary N) is 1. The zero-order valence-electron chi connectivity index (χ0n) is 12.8. The van der Waals surface area contributed by atoms with Crippen molar-refractivity contribution in [2.45, 2.75) is 31.2 Å². The van der Waals surface area contributed by atoms with Crippen LogP contribution >= 0.6 is 0 Å². The second-order valence-electron chi connectivity index (χ2n) is 5.54. The molecule has 0 bridgehead atoms. The quantitative estimate of drug-likeness (QED) is 0.826. The third kappa shape index (κ3) is 4.80. The Labute approximate surface area is 126 Å². The zero-order chi connectivity index (χ0) is 16.2. The van der Waals surface area contributed by atoms with Gasteiger partial charge in [0.25, 0.3) is 0 Å².